The smallest absolute Gasteiger partial charge is 0.122 e. The van der Waals surface area contributed by atoms with Crippen LogP contribution in [0.5, 0.6) is 5.75 Å². The molecule has 0 radical (unpaired) electrons. The minimum atomic E-state index is 0.0611. The zero-order valence-electron chi connectivity index (χ0n) is 10.4. The van der Waals surface area contributed by atoms with Gasteiger partial charge in [-0.1, -0.05) is 12.1 Å². The summed E-state index contributed by atoms with van der Waals surface area (Å²) in [7, 11) is 0. The molecule has 0 saturated heterocycles. The molecule has 0 fully saturated rings. The van der Waals surface area contributed by atoms with Gasteiger partial charge in [0.1, 0.15) is 12.4 Å². The molecule has 1 aromatic carbocycles. The third-order valence-corrected chi connectivity index (χ3v) is 4.32. The highest BCUT2D eigenvalue weighted by molar-refractivity contribution is 9.11. The zero-order chi connectivity index (χ0) is 13.1. The van der Waals surface area contributed by atoms with Crippen LogP contribution in [0.2, 0.25) is 0 Å². The van der Waals surface area contributed by atoms with E-state index < -0.39 is 0 Å². The molecule has 1 heterocycles. The summed E-state index contributed by atoms with van der Waals surface area (Å²) in [5.74, 6) is 0.920. The van der Waals surface area contributed by atoms with E-state index in [0.717, 1.165) is 20.7 Å². The number of hydrogen-bond acceptors (Lipinski definition) is 3. The average Bonchev–Trinajstić information content (AvgIpc) is 2.73. The van der Waals surface area contributed by atoms with Gasteiger partial charge < -0.3 is 10.5 Å². The van der Waals surface area contributed by atoms with Gasteiger partial charge in [-0.05, 0) is 59.1 Å². The van der Waals surface area contributed by atoms with E-state index in [0.29, 0.717) is 6.61 Å². The second-order valence-corrected chi connectivity index (χ2v) is 6.86. The first kappa shape index (κ1) is 13.6. The number of hydrogen-bond donors (Lipinski definition) is 1. The summed E-state index contributed by atoms with van der Waals surface area (Å²) >= 11 is 5.14. The Morgan fingerprint density at radius 1 is 1.33 bits per heavy atom. The maximum Gasteiger partial charge on any atom is 0.122 e. The fourth-order valence-electron chi connectivity index (χ4n) is 1.70. The van der Waals surface area contributed by atoms with Gasteiger partial charge in [-0.25, -0.2) is 0 Å². The van der Waals surface area contributed by atoms with Gasteiger partial charge in [-0.15, -0.1) is 11.3 Å². The summed E-state index contributed by atoms with van der Waals surface area (Å²) in [6.07, 6.45) is 0. The zero-order valence-corrected chi connectivity index (χ0v) is 12.8. The van der Waals surface area contributed by atoms with Crippen LogP contribution >= 0.6 is 27.3 Å². The first-order valence-electron chi connectivity index (χ1n) is 5.79. The quantitative estimate of drug-likeness (QED) is 0.903. The maximum atomic E-state index is 5.86. The van der Waals surface area contributed by atoms with Crippen molar-refractivity contribution >= 4 is 27.3 Å². The predicted octanol–water partition coefficient (Wildman–Crippen LogP) is 4.42. The molecule has 2 aromatic rings. The lowest BCUT2D eigenvalue weighted by Gasteiger charge is -2.11. The summed E-state index contributed by atoms with van der Waals surface area (Å²) in [5, 5.41) is 0. The summed E-state index contributed by atoms with van der Waals surface area (Å²) in [5.41, 5.74) is 8.12. The number of rotatable bonds is 4. The highest BCUT2D eigenvalue weighted by atomic mass is 79.9. The van der Waals surface area contributed by atoms with Crippen LogP contribution in [-0.4, -0.2) is 0 Å². The van der Waals surface area contributed by atoms with Crippen molar-refractivity contribution in [2.75, 3.05) is 0 Å². The van der Waals surface area contributed by atoms with E-state index in [-0.39, 0.29) is 6.04 Å². The van der Waals surface area contributed by atoms with Gasteiger partial charge in [-0.3, -0.25) is 0 Å². The third kappa shape index (κ3) is 3.34. The third-order valence-electron chi connectivity index (χ3n) is 2.72. The topological polar surface area (TPSA) is 35.2 Å². The van der Waals surface area contributed by atoms with E-state index in [4.69, 9.17) is 10.5 Å². The maximum absolute atomic E-state index is 5.86. The number of benzene rings is 1. The minimum absolute atomic E-state index is 0.0611. The van der Waals surface area contributed by atoms with Gasteiger partial charge in [0.15, 0.2) is 0 Å². The molecule has 0 aliphatic heterocycles. The largest absolute Gasteiger partial charge is 0.488 e. The summed E-state index contributed by atoms with van der Waals surface area (Å²) < 4.78 is 6.95. The lowest BCUT2D eigenvalue weighted by Crippen LogP contribution is -2.05. The minimum Gasteiger partial charge on any atom is -0.488 e. The fourth-order valence-corrected chi connectivity index (χ4v) is 3.09. The lowest BCUT2D eigenvalue weighted by atomic mass is 10.1. The summed E-state index contributed by atoms with van der Waals surface area (Å²) in [6, 6.07) is 10.3. The van der Waals surface area contributed by atoms with Crippen molar-refractivity contribution in [3.8, 4) is 5.75 Å². The van der Waals surface area contributed by atoms with Crippen LogP contribution in [0, 0.1) is 6.92 Å². The molecule has 0 amide bonds. The molecule has 0 saturated carbocycles. The van der Waals surface area contributed by atoms with Crippen LogP contribution in [-0.2, 0) is 6.61 Å². The molecule has 0 aliphatic carbocycles. The van der Waals surface area contributed by atoms with E-state index in [1.165, 1.54) is 4.88 Å². The van der Waals surface area contributed by atoms with E-state index in [1.54, 1.807) is 11.3 Å². The van der Waals surface area contributed by atoms with Gasteiger partial charge in [-0.2, -0.15) is 0 Å². The van der Waals surface area contributed by atoms with Gasteiger partial charge in [0.2, 0.25) is 0 Å². The molecule has 18 heavy (non-hydrogen) atoms. The molecule has 4 heteroatoms. The molecule has 2 nitrogen and oxygen atoms in total. The molecular formula is C14H16BrNOS. The number of nitrogens with two attached hydrogens (primary N) is 1. The number of aryl methyl sites for hydroxylation is 1. The standard InChI is InChI=1S/C14H16BrNOS/c1-9-7-11(10(2)16)3-5-13(9)17-8-12-4-6-14(15)18-12/h3-7,10H,8,16H2,1-2H3/t10-/m1/s1. The molecule has 0 aliphatic rings. The SMILES string of the molecule is Cc1cc([C@@H](C)N)ccc1OCc1ccc(Br)s1. The van der Waals surface area contributed by atoms with Gasteiger partial charge >= 0.3 is 0 Å². The predicted molar refractivity (Wildman–Crippen MR) is 80.1 cm³/mol. The van der Waals surface area contributed by atoms with Crippen LogP contribution in [0.15, 0.2) is 34.1 Å². The first-order valence-corrected chi connectivity index (χ1v) is 7.40. The Balaban J connectivity index is 2.05. The van der Waals surface area contributed by atoms with Gasteiger partial charge in [0, 0.05) is 10.9 Å². The van der Waals surface area contributed by atoms with E-state index in [1.807, 2.05) is 32.0 Å². The normalized spacial score (nSPS) is 12.4. The van der Waals surface area contributed by atoms with Crippen molar-refractivity contribution in [3.05, 3.63) is 50.1 Å². The molecule has 0 spiro atoms. The molecule has 2 N–H and O–H groups in total. The number of thiophene rings is 1. The van der Waals surface area contributed by atoms with Crippen molar-refractivity contribution in [1.82, 2.24) is 0 Å². The lowest BCUT2D eigenvalue weighted by molar-refractivity contribution is 0.307. The Kier molecular flexibility index (Phi) is 4.43. The highest BCUT2D eigenvalue weighted by Crippen LogP contribution is 2.26. The van der Waals surface area contributed by atoms with Crippen molar-refractivity contribution in [1.29, 1.82) is 0 Å². The van der Waals surface area contributed by atoms with E-state index >= 15 is 0 Å². The van der Waals surface area contributed by atoms with Crippen LogP contribution in [0.1, 0.15) is 29.0 Å². The molecular weight excluding hydrogens is 310 g/mol. The summed E-state index contributed by atoms with van der Waals surface area (Å²) in [6.45, 7) is 4.64. The molecule has 1 aromatic heterocycles. The van der Waals surface area contributed by atoms with Gasteiger partial charge in [0.05, 0.1) is 3.79 Å². The van der Waals surface area contributed by atoms with Crippen LogP contribution in [0.25, 0.3) is 0 Å². The van der Waals surface area contributed by atoms with E-state index in [2.05, 4.69) is 28.1 Å². The highest BCUT2D eigenvalue weighted by Gasteiger charge is 2.05. The average molecular weight is 326 g/mol. The van der Waals surface area contributed by atoms with Crippen molar-refractivity contribution in [3.63, 3.8) is 0 Å². The molecule has 96 valence electrons. The van der Waals surface area contributed by atoms with Crippen molar-refractivity contribution in [2.24, 2.45) is 5.73 Å². The van der Waals surface area contributed by atoms with Crippen LogP contribution < -0.4 is 10.5 Å². The van der Waals surface area contributed by atoms with Crippen LogP contribution in [0.4, 0.5) is 0 Å². The fraction of sp³-hybridized carbons (Fsp3) is 0.286. The van der Waals surface area contributed by atoms with Crippen molar-refractivity contribution in [2.45, 2.75) is 26.5 Å². The first-order chi connectivity index (χ1) is 8.56. The Labute approximate surface area is 120 Å². The van der Waals surface area contributed by atoms with E-state index in [9.17, 15) is 0 Å². The molecule has 0 bridgehead atoms. The Hall–Kier alpha value is -0.840. The van der Waals surface area contributed by atoms with Gasteiger partial charge in [0.25, 0.3) is 0 Å². The van der Waals surface area contributed by atoms with Crippen molar-refractivity contribution < 1.29 is 4.74 Å². The molecule has 0 unspecified atom stereocenters. The Bertz CT molecular complexity index is 536. The van der Waals surface area contributed by atoms with Crippen LogP contribution in [0.3, 0.4) is 0 Å². The number of halogens is 1. The monoisotopic (exact) mass is 325 g/mol. The summed E-state index contributed by atoms with van der Waals surface area (Å²) in [4.78, 5) is 1.21. The Morgan fingerprint density at radius 2 is 2.11 bits per heavy atom. The molecule has 1 atom stereocenters. The molecule has 2 rings (SSSR count). The second kappa shape index (κ2) is 5.87. The second-order valence-electron chi connectivity index (χ2n) is 4.31. The Morgan fingerprint density at radius 3 is 2.67 bits per heavy atom. The number of ether oxygens (including phenoxy) is 1.